The number of nitrogens with zero attached hydrogens (tertiary/aromatic N) is 2. The Hall–Kier alpha value is -3.52. The van der Waals surface area contributed by atoms with E-state index < -0.39 is 11.0 Å². The van der Waals surface area contributed by atoms with Crippen LogP contribution in [0.2, 0.25) is 0 Å². The molecule has 0 unspecified atom stereocenters. The number of hydrogen-bond acceptors (Lipinski definition) is 7. The number of rotatable bonds is 7. The normalized spacial score (nSPS) is 30.9. The zero-order valence-corrected chi connectivity index (χ0v) is 22.1. The highest BCUT2D eigenvalue weighted by Gasteiger charge is 2.75. The molecule has 2 aliphatic carbocycles. The third-order valence-corrected chi connectivity index (χ3v) is 9.20. The first-order valence-electron chi connectivity index (χ1n) is 13.2. The van der Waals surface area contributed by atoms with Crippen LogP contribution in [0.15, 0.2) is 53.9 Å². The Morgan fingerprint density at radius 1 is 1.29 bits per heavy atom. The molecule has 1 saturated carbocycles. The SMILES string of the molecule is C=CCN1CC[C@]23c4c5ccc(OC)c4O[C@H]2[C@@H](N(C)C(=O)/C=C/c2ccoc2)CC[C@@]3(OC(C)=O)[C@H]1C5. The predicted octanol–water partition coefficient (Wildman–Crippen LogP) is 3.74. The number of esters is 1. The lowest BCUT2D eigenvalue weighted by molar-refractivity contribution is -0.222. The molecule has 1 spiro atoms. The summed E-state index contributed by atoms with van der Waals surface area (Å²) >= 11 is 0. The highest BCUT2D eigenvalue weighted by atomic mass is 16.6. The van der Waals surface area contributed by atoms with Gasteiger partial charge in [0.05, 0.1) is 37.1 Å². The van der Waals surface area contributed by atoms with Crippen molar-refractivity contribution in [2.45, 2.75) is 61.8 Å². The van der Waals surface area contributed by atoms with Crippen LogP contribution >= 0.6 is 0 Å². The third kappa shape index (κ3) is 3.32. The van der Waals surface area contributed by atoms with E-state index >= 15 is 0 Å². The molecule has 38 heavy (non-hydrogen) atoms. The largest absolute Gasteiger partial charge is 0.493 e. The van der Waals surface area contributed by atoms with Crippen molar-refractivity contribution in [3.8, 4) is 11.5 Å². The molecule has 6 rings (SSSR count). The van der Waals surface area contributed by atoms with Gasteiger partial charge in [-0.1, -0.05) is 12.1 Å². The first kappa shape index (κ1) is 24.8. The number of piperidine rings is 1. The van der Waals surface area contributed by atoms with Gasteiger partial charge in [0.1, 0.15) is 11.7 Å². The third-order valence-electron chi connectivity index (χ3n) is 9.20. The van der Waals surface area contributed by atoms with Gasteiger partial charge < -0.3 is 23.5 Å². The van der Waals surface area contributed by atoms with E-state index in [-0.39, 0.29) is 30.1 Å². The summed E-state index contributed by atoms with van der Waals surface area (Å²) in [5.41, 5.74) is 1.75. The van der Waals surface area contributed by atoms with Crippen LogP contribution in [0.25, 0.3) is 6.08 Å². The van der Waals surface area contributed by atoms with Crippen LogP contribution in [0.4, 0.5) is 0 Å². The molecule has 2 aromatic rings. The number of benzene rings is 1. The number of likely N-dealkylation sites (N-methyl/N-ethyl adjacent to an activating group) is 1. The van der Waals surface area contributed by atoms with Crippen molar-refractivity contribution >= 4 is 18.0 Å². The van der Waals surface area contributed by atoms with Gasteiger partial charge in [0.15, 0.2) is 11.5 Å². The van der Waals surface area contributed by atoms with Gasteiger partial charge in [0, 0.05) is 44.3 Å². The van der Waals surface area contributed by atoms with Crippen molar-refractivity contribution in [3.63, 3.8) is 0 Å². The van der Waals surface area contributed by atoms with Gasteiger partial charge in [0.25, 0.3) is 0 Å². The number of carbonyl (C=O) groups excluding carboxylic acids is 2. The van der Waals surface area contributed by atoms with Crippen LogP contribution in [-0.4, -0.2) is 72.7 Å². The van der Waals surface area contributed by atoms with Gasteiger partial charge in [-0.2, -0.15) is 0 Å². The summed E-state index contributed by atoms with van der Waals surface area (Å²) in [5.74, 6) is 0.989. The summed E-state index contributed by atoms with van der Waals surface area (Å²) in [6.07, 6.45) is 10.8. The summed E-state index contributed by atoms with van der Waals surface area (Å²) < 4.78 is 24.2. The first-order valence-corrected chi connectivity index (χ1v) is 13.2. The van der Waals surface area contributed by atoms with Crippen LogP contribution in [0.5, 0.6) is 11.5 Å². The van der Waals surface area contributed by atoms with Gasteiger partial charge in [-0.05, 0) is 49.5 Å². The Morgan fingerprint density at radius 3 is 2.84 bits per heavy atom. The van der Waals surface area contributed by atoms with Crippen molar-refractivity contribution in [1.82, 2.24) is 9.80 Å². The minimum absolute atomic E-state index is 0.0148. The Balaban J connectivity index is 1.48. The van der Waals surface area contributed by atoms with Crippen molar-refractivity contribution < 1.29 is 28.2 Å². The van der Waals surface area contributed by atoms with Gasteiger partial charge in [-0.25, -0.2) is 0 Å². The summed E-state index contributed by atoms with van der Waals surface area (Å²) in [4.78, 5) is 30.3. The molecule has 2 fully saturated rings. The standard InChI is InChI=1S/C30H34N2O6/c1-5-14-32-15-13-29-26-21-7-8-23(35-4)27(26)37-28(29)22(10-12-30(29,24(32)17-21)38-19(2)33)31(3)25(34)9-6-20-11-16-36-18-20/h5-9,11,16,18,22,24,28H,1,10,12-15,17H2,2-4H3/b9-6+/t22-,24+,28-,29-,30+/m0/s1. The number of amides is 1. The molecule has 2 bridgehead atoms. The van der Waals surface area contributed by atoms with Crippen LogP contribution in [0.3, 0.4) is 0 Å². The van der Waals surface area contributed by atoms with Crippen LogP contribution < -0.4 is 9.47 Å². The fourth-order valence-corrected chi connectivity index (χ4v) is 7.79. The molecule has 1 saturated heterocycles. The van der Waals surface area contributed by atoms with E-state index in [1.165, 1.54) is 12.5 Å². The minimum atomic E-state index is -0.775. The maximum atomic E-state index is 13.4. The van der Waals surface area contributed by atoms with E-state index in [0.717, 1.165) is 36.3 Å². The summed E-state index contributed by atoms with van der Waals surface area (Å²) in [5, 5.41) is 0. The number of carbonyl (C=O) groups is 2. The van der Waals surface area contributed by atoms with Crippen molar-refractivity contribution in [3.05, 3.63) is 66.1 Å². The second-order valence-electron chi connectivity index (χ2n) is 10.8. The highest BCUT2D eigenvalue weighted by Crippen LogP contribution is 2.67. The number of ether oxygens (including phenoxy) is 3. The number of furan rings is 1. The molecule has 4 aliphatic rings. The molecule has 3 heterocycles. The van der Waals surface area contributed by atoms with Crippen molar-refractivity contribution in [2.24, 2.45) is 0 Å². The molecule has 8 heteroatoms. The Labute approximate surface area is 222 Å². The molecule has 1 aromatic heterocycles. The second kappa shape index (κ2) is 9.05. The quantitative estimate of drug-likeness (QED) is 0.314. The summed E-state index contributed by atoms with van der Waals surface area (Å²) in [6, 6.07) is 5.67. The smallest absolute Gasteiger partial charge is 0.303 e. The van der Waals surface area contributed by atoms with E-state index in [4.69, 9.17) is 18.6 Å². The molecule has 5 atom stereocenters. The monoisotopic (exact) mass is 518 g/mol. The predicted molar refractivity (Wildman–Crippen MR) is 141 cm³/mol. The van der Waals surface area contributed by atoms with E-state index in [1.807, 2.05) is 19.2 Å². The zero-order valence-electron chi connectivity index (χ0n) is 22.1. The molecule has 1 aromatic carbocycles. The molecule has 0 radical (unpaired) electrons. The topological polar surface area (TPSA) is 81.5 Å². The van der Waals surface area contributed by atoms with Gasteiger partial charge >= 0.3 is 5.97 Å². The van der Waals surface area contributed by atoms with Gasteiger partial charge in [-0.3, -0.25) is 14.5 Å². The number of hydrogen-bond donors (Lipinski definition) is 0. The van der Waals surface area contributed by atoms with E-state index in [0.29, 0.717) is 25.1 Å². The average Bonchev–Trinajstić information content (AvgIpc) is 3.54. The van der Waals surface area contributed by atoms with Crippen LogP contribution in [0.1, 0.15) is 42.9 Å². The summed E-state index contributed by atoms with van der Waals surface area (Å²) in [7, 11) is 3.48. The summed E-state index contributed by atoms with van der Waals surface area (Å²) in [6.45, 7) is 7.01. The zero-order chi connectivity index (χ0) is 26.7. The van der Waals surface area contributed by atoms with E-state index in [1.54, 1.807) is 42.8 Å². The first-order chi connectivity index (χ1) is 18.4. The van der Waals surface area contributed by atoms with Crippen LogP contribution in [0, 0.1) is 0 Å². The van der Waals surface area contributed by atoms with Gasteiger partial charge in [-0.15, -0.1) is 6.58 Å². The van der Waals surface area contributed by atoms with E-state index in [9.17, 15) is 9.59 Å². The lowest BCUT2D eigenvalue weighted by Crippen LogP contribution is -2.79. The average molecular weight is 519 g/mol. The number of methoxy groups -OCH3 is 1. The Kier molecular flexibility index (Phi) is 5.90. The maximum absolute atomic E-state index is 13.4. The fraction of sp³-hybridized carbons (Fsp3) is 0.467. The van der Waals surface area contributed by atoms with Crippen molar-refractivity contribution in [2.75, 3.05) is 27.2 Å². The molecule has 8 nitrogen and oxygen atoms in total. The molecule has 2 aliphatic heterocycles. The molecular weight excluding hydrogens is 484 g/mol. The van der Waals surface area contributed by atoms with Gasteiger partial charge in [0.2, 0.25) is 5.91 Å². The van der Waals surface area contributed by atoms with E-state index in [2.05, 4.69) is 17.5 Å². The minimum Gasteiger partial charge on any atom is -0.493 e. The highest BCUT2D eigenvalue weighted by molar-refractivity contribution is 5.92. The lowest BCUT2D eigenvalue weighted by atomic mass is 9.48. The molecule has 1 amide bonds. The van der Waals surface area contributed by atoms with Crippen molar-refractivity contribution in [1.29, 1.82) is 0 Å². The number of likely N-dealkylation sites (tertiary alicyclic amines) is 1. The van der Waals surface area contributed by atoms with Crippen LogP contribution in [-0.2, 0) is 26.2 Å². The fourth-order valence-electron chi connectivity index (χ4n) is 7.79. The second-order valence-corrected chi connectivity index (χ2v) is 10.8. The molecule has 200 valence electrons. The molecule has 0 N–H and O–H groups in total. The maximum Gasteiger partial charge on any atom is 0.303 e. The lowest BCUT2D eigenvalue weighted by Gasteiger charge is -2.65. The Bertz CT molecular complexity index is 1300. The molecular formula is C30H34N2O6. The Morgan fingerprint density at radius 2 is 2.13 bits per heavy atom.